The Hall–Kier alpha value is -2.34. The first-order valence-electron chi connectivity index (χ1n) is 8.07. The Bertz CT molecular complexity index is 934. The van der Waals surface area contributed by atoms with Gasteiger partial charge in [-0.2, -0.15) is 13.2 Å². The highest BCUT2D eigenvalue weighted by molar-refractivity contribution is 7.22. The molecule has 0 atom stereocenters. The number of benzene rings is 2. The number of amides is 1. The Morgan fingerprint density at radius 3 is 2.31 bits per heavy atom. The van der Waals surface area contributed by atoms with Crippen LogP contribution in [0.25, 0.3) is 20.5 Å². The molecule has 0 saturated carbocycles. The minimum Gasteiger partial charge on any atom is -0.325 e. The molecule has 0 unspecified atom stereocenters. The topological polar surface area (TPSA) is 29.1 Å². The fourth-order valence-corrected chi connectivity index (χ4v) is 3.57. The van der Waals surface area contributed by atoms with Crippen LogP contribution in [0.1, 0.15) is 26.3 Å². The number of hydrogen-bond acceptors (Lipinski definition) is 2. The zero-order valence-corrected chi connectivity index (χ0v) is 15.4. The Labute approximate surface area is 153 Å². The second-order valence-electron chi connectivity index (χ2n) is 7.11. The number of thiophene rings is 1. The standard InChI is InChI=1S/C20H18F3NOS/c1-19(2,3)18(25)24-15-11-13(20(21,22)23)8-9-14(15)17-10-12-6-4-5-7-16(12)26-17/h4-11H,1-3H3,(H,24,25). The van der Waals surface area contributed by atoms with E-state index >= 15 is 0 Å². The molecule has 0 radical (unpaired) electrons. The lowest BCUT2D eigenvalue weighted by Crippen LogP contribution is -2.28. The highest BCUT2D eigenvalue weighted by atomic mass is 32.1. The molecule has 0 fully saturated rings. The van der Waals surface area contributed by atoms with E-state index in [1.807, 2.05) is 30.3 Å². The maximum Gasteiger partial charge on any atom is 0.416 e. The quantitative estimate of drug-likeness (QED) is 0.537. The fraction of sp³-hybridized carbons (Fsp3) is 0.250. The predicted molar refractivity (Wildman–Crippen MR) is 100 cm³/mol. The van der Waals surface area contributed by atoms with Gasteiger partial charge in [-0.1, -0.05) is 45.0 Å². The molecule has 0 bridgehead atoms. The van der Waals surface area contributed by atoms with Crippen LogP contribution in [0.5, 0.6) is 0 Å². The van der Waals surface area contributed by atoms with E-state index in [2.05, 4.69) is 5.32 Å². The van der Waals surface area contributed by atoms with E-state index in [1.165, 1.54) is 17.4 Å². The molecule has 0 aliphatic rings. The molecular formula is C20H18F3NOS. The highest BCUT2D eigenvalue weighted by Gasteiger charge is 2.32. The van der Waals surface area contributed by atoms with Gasteiger partial charge in [0.15, 0.2) is 0 Å². The average Bonchev–Trinajstić information content (AvgIpc) is 2.96. The Balaban J connectivity index is 2.12. The van der Waals surface area contributed by atoms with Crippen molar-refractivity contribution >= 4 is 33.0 Å². The van der Waals surface area contributed by atoms with E-state index in [-0.39, 0.29) is 11.6 Å². The zero-order chi connectivity index (χ0) is 19.1. The summed E-state index contributed by atoms with van der Waals surface area (Å²) in [7, 11) is 0. The lowest BCUT2D eigenvalue weighted by molar-refractivity contribution is -0.137. The van der Waals surface area contributed by atoms with Crippen molar-refractivity contribution in [3.8, 4) is 10.4 Å². The summed E-state index contributed by atoms with van der Waals surface area (Å²) in [5, 5.41) is 3.69. The first kappa shape index (κ1) is 18.5. The van der Waals surface area contributed by atoms with Crippen LogP contribution < -0.4 is 5.32 Å². The Kier molecular flexibility index (Phi) is 4.56. The summed E-state index contributed by atoms with van der Waals surface area (Å²) < 4.78 is 40.4. The van der Waals surface area contributed by atoms with Crippen LogP contribution in [0.2, 0.25) is 0 Å². The van der Waals surface area contributed by atoms with E-state index in [9.17, 15) is 18.0 Å². The number of carbonyl (C=O) groups is 1. The van der Waals surface area contributed by atoms with Gasteiger partial charge in [-0.3, -0.25) is 4.79 Å². The van der Waals surface area contributed by atoms with Crippen LogP contribution in [0.4, 0.5) is 18.9 Å². The summed E-state index contributed by atoms with van der Waals surface area (Å²) in [5.74, 6) is -0.334. The molecule has 2 aromatic carbocycles. The van der Waals surface area contributed by atoms with Crippen LogP contribution >= 0.6 is 11.3 Å². The molecule has 6 heteroatoms. The van der Waals surface area contributed by atoms with Gasteiger partial charge < -0.3 is 5.32 Å². The third-order valence-corrected chi connectivity index (χ3v) is 5.12. The van der Waals surface area contributed by atoms with Gasteiger partial charge in [-0.25, -0.2) is 0 Å². The van der Waals surface area contributed by atoms with E-state index in [4.69, 9.17) is 0 Å². The third kappa shape index (κ3) is 3.75. The first-order chi connectivity index (χ1) is 12.1. The van der Waals surface area contributed by atoms with Crippen molar-refractivity contribution in [1.82, 2.24) is 0 Å². The molecule has 0 aliphatic carbocycles. The number of alkyl halides is 3. The van der Waals surface area contributed by atoms with Crippen molar-refractivity contribution in [2.45, 2.75) is 26.9 Å². The van der Waals surface area contributed by atoms with Gasteiger partial charge in [-0.15, -0.1) is 11.3 Å². The molecule has 1 amide bonds. The largest absolute Gasteiger partial charge is 0.416 e. The third-order valence-electron chi connectivity index (χ3n) is 3.97. The first-order valence-corrected chi connectivity index (χ1v) is 8.89. The molecule has 1 aromatic heterocycles. The minimum atomic E-state index is -4.47. The van der Waals surface area contributed by atoms with Gasteiger partial charge in [0.05, 0.1) is 11.3 Å². The molecule has 26 heavy (non-hydrogen) atoms. The van der Waals surface area contributed by atoms with Gasteiger partial charge >= 0.3 is 6.18 Å². The second kappa shape index (κ2) is 6.43. The average molecular weight is 377 g/mol. The number of fused-ring (bicyclic) bond motifs is 1. The number of halogens is 3. The van der Waals surface area contributed by atoms with Crippen LogP contribution in [-0.2, 0) is 11.0 Å². The van der Waals surface area contributed by atoms with Crippen LogP contribution in [0, 0.1) is 5.41 Å². The maximum atomic E-state index is 13.1. The monoisotopic (exact) mass is 377 g/mol. The molecular weight excluding hydrogens is 359 g/mol. The summed E-state index contributed by atoms with van der Waals surface area (Å²) in [6.07, 6.45) is -4.47. The minimum absolute atomic E-state index is 0.173. The summed E-state index contributed by atoms with van der Waals surface area (Å²) in [6, 6.07) is 13.1. The highest BCUT2D eigenvalue weighted by Crippen LogP contribution is 2.40. The maximum absolute atomic E-state index is 13.1. The van der Waals surface area contributed by atoms with Crippen molar-refractivity contribution in [3.05, 3.63) is 54.1 Å². The molecule has 2 nitrogen and oxygen atoms in total. The lowest BCUT2D eigenvalue weighted by Gasteiger charge is -2.20. The zero-order valence-electron chi connectivity index (χ0n) is 14.6. The summed E-state index contributed by atoms with van der Waals surface area (Å²) in [4.78, 5) is 13.2. The van der Waals surface area contributed by atoms with Crippen molar-refractivity contribution in [1.29, 1.82) is 0 Å². The summed E-state index contributed by atoms with van der Waals surface area (Å²) >= 11 is 1.48. The Morgan fingerprint density at radius 1 is 1.00 bits per heavy atom. The SMILES string of the molecule is CC(C)(C)C(=O)Nc1cc(C(F)(F)F)ccc1-c1cc2ccccc2s1. The van der Waals surface area contributed by atoms with E-state index < -0.39 is 17.2 Å². The molecule has 1 heterocycles. The van der Waals surface area contributed by atoms with Crippen molar-refractivity contribution in [3.63, 3.8) is 0 Å². The van der Waals surface area contributed by atoms with Crippen LogP contribution in [0.3, 0.4) is 0 Å². The molecule has 3 aromatic rings. The van der Waals surface area contributed by atoms with Crippen LogP contribution in [0.15, 0.2) is 48.5 Å². The second-order valence-corrected chi connectivity index (χ2v) is 8.19. The number of carbonyl (C=O) groups excluding carboxylic acids is 1. The molecule has 136 valence electrons. The Morgan fingerprint density at radius 2 is 1.69 bits per heavy atom. The van der Waals surface area contributed by atoms with Gasteiger partial charge in [0, 0.05) is 20.6 Å². The number of anilines is 1. The van der Waals surface area contributed by atoms with E-state index in [0.717, 1.165) is 27.1 Å². The number of hydrogen-bond donors (Lipinski definition) is 1. The van der Waals surface area contributed by atoms with Crippen LogP contribution in [-0.4, -0.2) is 5.91 Å². The summed E-state index contributed by atoms with van der Waals surface area (Å²) in [5.41, 5.74) is -0.749. The molecule has 0 aliphatic heterocycles. The van der Waals surface area contributed by atoms with Gasteiger partial charge in [-0.05, 0) is 29.7 Å². The molecule has 0 saturated heterocycles. The van der Waals surface area contributed by atoms with Crippen molar-refractivity contribution in [2.75, 3.05) is 5.32 Å². The number of rotatable bonds is 2. The van der Waals surface area contributed by atoms with Crippen molar-refractivity contribution < 1.29 is 18.0 Å². The normalized spacial score (nSPS) is 12.4. The fourth-order valence-electron chi connectivity index (χ4n) is 2.46. The molecule has 0 spiro atoms. The van der Waals surface area contributed by atoms with Gasteiger partial charge in [0.1, 0.15) is 0 Å². The van der Waals surface area contributed by atoms with Gasteiger partial charge in [0.25, 0.3) is 0 Å². The van der Waals surface area contributed by atoms with E-state index in [1.54, 1.807) is 20.8 Å². The number of nitrogens with one attached hydrogen (secondary N) is 1. The van der Waals surface area contributed by atoms with Gasteiger partial charge in [0.2, 0.25) is 5.91 Å². The summed E-state index contributed by atoms with van der Waals surface area (Å²) in [6.45, 7) is 5.15. The predicted octanol–water partition coefficient (Wildman–Crippen LogP) is 6.57. The molecule has 1 N–H and O–H groups in total. The lowest BCUT2D eigenvalue weighted by atomic mass is 9.95. The smallest absolute Gasteiger partial charge is 0.325 e. The van der Waals surface area contributed by atoms with E-state index in [0.29, 0.717) is 5.56 Å². The molecule has 3 rings (SSSR count). The van der Waals surface area contributed by atoms with Crippen molar-refractivity contribution in [2.24, 2.45) is 5.41 Å².